The first kappa shape index (κ1) is 11.4. The van der Waals surface area contributed by atoms with Crippen molar-refractivity contribution in [3.05, 3.63) is 29.3 Å². The summed E-state index contributed by atoms with van der Waals surface area (Å²) in [5.41, 5.74) is 9.20. The molecule has 1 aliphatic carbocycles. The highest BCUT2D eigenvalue weighted by Gasteiger charge is 2.31. The molecule has 0 atom stereocenters. The van der Waals surface area contributed by atoms with E-state index in [4.69, 9.17) is 18.0 Å². The average Bonchev–Trinajstić information content (AvgIpc) is 2.18. The Balaban J connectivity index is 2.29. The third-order valence-electron chi connectivity index (χ3n) is 3.33. The van der Waals surface area contributed by atoms with E-state index in [1.54, 1.807) is 0 Å². The van der Waals surface area contributed by atoms with Gasteiger partial charge in [0, 0.05) is 16.8 Å². The van der Waals surface area contributed by atoms with Gasteiger partial charge >= 0.3 is 0 Å². The molecule has 0 bridgehead atoms. The maximum atomic E-state index is 5.75. The molecule has 16 heavy (non-hydrogen) atoms. The smallest absolute Gasteiger partial charge is 0.106 e. The number of nitrogens with one attached hydrogen (secondary N) is 1. The van der Waals surface area contributed by atoms with Crippen molar-refractivity contribution in [3.63, 3.8) is 0 Å². The van der Waals surface area contributed by atoms with Crippen molar-refractivity contribution in [2.75, 3.05) is 5.32 Å². The van der Waals surface area contributed by atoms with Crippen molar-refractivity contribution >= 4 is 22.9 Å². The summed E-state index contributed by atoms with van der Waals surface area (Å²) in [6, 6.07) is 6.21. The van der Waals surface area contributed by atoms with Gasteiger partial charge in [-0.15, -0.1) is 0 Å². The van der Waals surface area contributed by atoms with E-state index in [9.17, 15) is 0 Å². The Hall–Kier alpha value is -1.09. The van der Waals surface area contributed by atoms with Gasteiger partial charge in [-0.1, -0.05) is 23.8 Å². The minimum Gasteiger partial charge on any atom is -0.389 e. The molecule has 0 saturated heterocycles. The molecule has 1 aromatic carbocycles. The van der Waals surface area contributed by atoms with Crippen LogP contribution in [0.4, 0.5) is 5.69 Å². The molecule has 1 fully saturated rings. The molecule has 0 aromatic heterocycles. The van der Waals surface area contributed by atoms with Crippen molar-refractivity contribution in [2.45, 2.75) is 38.6 Å². The second-order valence-electron chi connectivity index (χ2n) is 4.95. The Morgan fingerprint density at radius 3 is 2.62 bits per heavy atom. The summed E-state index contributed by atoms with van der Waals surface area (Å²) in [4.78, 5) is 0.467. The summed E-state index contributed by atoms with van der Waals surface area (Å²) in [6.07, 6.45) is 3.74. The zero-order chi connectivity index (χ0) is 11.8. The predicted molar refractivity (Wildman–Crippen MR) is 72.9 cm³/mol. The van der Waals surface area contributed by atoms with Crippen LogP contribution in [0.1, 0.15) is 37.3 Å². The van der Waals surface area contributed by atoms with Crippen LogP contribution in [0.3, 0.4) is 0 Å². The lowest BCUT2D eigenvalue weighted by molar-refractivity contribution is 0.306. The summed E-state index contributed by atoms with van der Waals surface area (Å²) in [5.74, 6) is 0. The SMILES string of the molecule is Cc1ccc(NC2(C)CCC2)c(C(N)=S)c1. The van der Waals surface area contributed by atoms with E-state index in [1.165, 1.54) is 24.8 Å². The van der Waals surface area contributed by atoms with Crippen LogP contribution in [0.25, 0.3) is 0 Å². The average molecular weight is 234 g/mol. The van der Waals surface area contributed by atoms with Crippen LogP contribution in [0.2, 0.25) is 0 Å². The Morgan fingerprint density at radius 2 is 2.12 bits per heavy atom. The van der Waals surface area contributed by atoms with Crippen LogP contribution in [-0.4, -0.2) is 10.5 Å². The quantitative estimate of drug-likeness (QED) is 0.790. The number of benzene rings is 1. The number of hydrogen-bond donors (Lipinski definition) is 2. The molecule has 0 radical (unpaired) electrons. The van der Waals surface area contributed by atoms with Crippen molar-refractivity contribution in [1.29, 1.82) is 0 Å². The summed E-state index contributed by atoms with van der Waals surface area (Å²) in [7, 11) is 0. The third-order valence-corrected chi connectivity index (χ3v) is 3.55. The topological polar surface area (TPSA) is 38.0 Å². The lowest BCUT2D eigenvalue weighted by Crippen LogP contribution is -2.42. The molecule has 0 heterocycles. The van der Waals surface area contributed by atoms with Crippen LogP contribution in [0.5, 0.6) is 0 Å². The van der Waals surface area contributed by atoms with Crippen molar-refractivity contribution in [2.24, 2.45) is 5.73 Å². The highest BCUT2D eigenvalue weighted by molar-refractivity contribution is 7.80. The lowest BCUT2D eigenvalue weighted by Gasteiger charge is -2.40. The molecular weight excluding hydrogens is 216 g/mol. The fourth-order valence-corrected chi connectivity index (χ4v) is 2.30. The van der Waals surface area contributed by atoms with Gasteiger partial charge in [-0.05, 0) is 45.2 Å². The van der Waals surface area contributed by atoms with Crippen LogP contribution >= 0.6 is 12.2 Å². The van der Waals surface area contributed by atoms with Crippen LogP contribution in [0, 0.1) is 6.92 Å². The van der Waals surface area contributed by atoms with Crippen molar-refractivity contribution in [1.82, 2.24) is 0 Å². The summed E-state index contributed by atoms with van der Waals surface area (Å²) >= 11 is 5.09. The van der Waals surface area contributed by atoms with E-state index in [-0.39, 0.29) is 5.54 Å². The number of nitrogens with two attached hydrogens (primary N) is 1. The normalized spacial score (nSPS) is 17.6. The van der Waals surface area contributed by atoms with Gasteiger partial charge in [-0.25, -0.2) is 0 Å². The Kier molecular flexibility index (Phi) is 2.89. The minimum atomic E-state index is 0.231. The Labute approximate surface area is 102 Å². The fraction of sp³-hybridized carbons (Fsp3) is 0.462. The van der Waals surface area contributed by atoms with Crippen LogP contribution < -0.4 is 11.1 Å². The first-order chi connectivity index (χ1) is 7.50. The van der Waals surface area contributed by atoms with Gasteiger partial charge in [0.1, 0.15) is 4.99 Å². The van der Waals surface area contributed by atoms with Gasteiger partial charge in [0.05, 0.1) is 0 Å². The molecule has 86 valence electrons. The first-order valence-electron chi connectivity index (χ1n) is 5.69. The largest absolute Gasteiger partial charge is 0.389 e. The number of anilines is 1. The van der Waals surface area contributed by atoms with Crippen LogP contribution in [0.15, 0.2) is 18.2 Å². The molecular formula is C13H18N2S. The van der Waals surface area contributed by atoms with Gasteiger partial charge in [0.2, 0.25) is 0 Å². The van der Waals surface area contributed by atoms with E-state index < -0.39 is 0 Å². The van der Waals surface area contributed by atoms with Gasteiger partial charge in [-0.3, -0.25) is 0 Å². The van der Waals surface area contributed by atoms with E-state index in [2.05, 4.69) is 31.3 Å². The number of aryl methyl sites for hydroxylation is 1. The third kappa shape index (κ3) is 2.19. The first-order valence-corrected chi connectivity index (χ1v) is 6.10. The molecule has 3 heteroatoms. The molecule has 0 aliphatic heterocycles. The summed E-state index contributed by atoms with van der Waals surface area (Å²) in [6.45, 7) is 4.30. The Morgan fingerprint density at radius 1 is 1.44 bits per heavy atom. The monoisotopic (exact) mass is 234 g/mol. The number of hydrogen-bond acceptors (Lipinski definition) is 2. The van der Waals surface area contributed by atoms with Crippen molar-refractivity contribution < 1.29 is 0 Å². The molecule has 2 rings (SSSR count). The van der Waals surface area contributed by atoms with E-state index >= 15 is 0 Å². The van der Waals surface area contributed by atoms with Gasteiger partial charge < -0.3 is 11.1 Å². The minimum absolute atomic E-state index is 0.231. The number of thiocarbonyl (C=S) groups is 1. The standard InChI is InChI=1S/C13H18N2S/c1-9-4-5-11(10(8-9)12(14)16)15-13(2)6-3-7-13/h4-5,8,15H,3,6-7H2,1-2H3,(H2,14,16). The number of rotatable bonds is 3. The lowest BCUT2D eigenvalue weighted by atomic mass is 9.78. The molecule has 2 nitrogen and oxygen atoms in total. The fourth-order valence-electron chi connectivity index (χ4n) is 2.13. The molecule has 0 spiro atoms. The summed E-state index contributed by atoms with van der Waals surface area (Å²) < 4.78 is 0. The molecule has 1 aliphatic rings. The Bertz CT molecular complexity index is 422. The summed E-state index contributed by atoms with van der Waals surface area (Å²) in [5, 5.41) is 3.56. The second-order valence-corrected chi connectivity index (χ2v) is 5.39. The molecule has 0 amide bonds. The van der Waals surface area contributed by atoms with Crippen molar-refractivity contribution in [3.8, 4) is 0 Å². The molecule has 3 N–H and O–H groups in total. The van der Waals surface area contributed by atoms with E-state index in [0.717, 1.165) is 11.3 Å². The molecule has 1 aromatic rings. The predicted octanol–water partition coefficient (Wildman–Crippen LogP) is 2.98. The van der Waals surface area contributed by atoms with Gasteiger partial charge in [-0.2, -0.15) is 0 Å². The van der Waals surface area contributed by atoms with E-state index in [1.807, 2.05) is 6.07 Å². The zero-order valence-corrected chi connectivity index (χ0v) is 10.7. The highest BCUT2D eigenvalue weighted by Crippen LogP contribution is 2.35. The zero-order valence-electron chi connectivity index (χ0n) is 9.84. The molecule has 0 unspecified atom stereocenters. The second kappa shape index (κ2) is 4.06. The molecule has 1 saturated carbocycles. The van der Waals surface area contributed by atoms with E-state index in [0.29, 0.717) is 4.99 Å². The maximum absolute atomic E-state index is 5.75. The highest BCUT2D eigenvalue weighted by atomic mass is 32.1. The van der Waals surface area contributed by atoms with Gasteiger partial charge in [0.15, 0.2) is 0 Å². The van der Waals surface area contributed by atoms with Gasteiger partial charge in [0.25, 0.3) is 0 Å². The van der Waals surface area contributed by atoms with Crippen LogP contribution in [-0.2, 0) is 0 Å². The maximum Gasteiger partial charge on any atom is 0.106 e.